The van der Waals surface area contributed by atoms with Crippen LogP contribution in [0.5, 0.6) is 0 Å². The minimum Gasteiger partial charge on any atom is -0.323 e. The van der Waals surface area contributed by atoms with Gasteiger partial charge in [-0.3, -0.25) is 14.2 Å². The Labute approximate surface area is 180 Å². The fraction of sp³-hybridized carbons (Fsp3) is 0.0952. The Morgan fingerprint density at radius 1 is 1.17 bits per heavy atom. The molecular weight excluding hydrogens is 429 g/mol. The number of aromatic nitrogens is 2. The van der Waals surface area contributed by atoms with Crippen LogP contribution in [0, 0.1) is 6.92 Å². The van der Waals surface area contributed by atoms with E-state index in [1.165, 1.54) is 22.2 Å². The van der Waals surface area contributed by atoms with E-state index >= 15 is 0 Å². The van der Waals surface area contributed by atoms with Crippen molar-refractivity contribution in [2.45, 2.75) is 13.5 Å². The molecule has 0 saturated heterocycles. The molecule has 8 heteroatoms. The van der Waals surface area contributed by atoms with E-state index in [0.717, 1.165) is 16.7 Å². The number of rotatable bonds is 4. The molecule has 0 spiro atoms. The number of halogens is 2. The monoisotopic (exact) mass is 443 g/mol. The molecule has 146 valence electrons. The number of aryl methyl sites for hydroxylation is 1. The Morgan fingerprint density at radius 3 is 2.69 bits per heavy atom. The molecule has 4 aromatic rings. The third-order valence-electron chi connectivity index (χ3n) is 4.46. The largest absolute Gasteiger partial charge is 0.323 e. The number of nitrogens with one attached hydrogen (secondary N) is 1. The Bertz CT molecular complexity index is 1280. The van der Waals surface area contributed by atoms with Gasteiger partial charge in [0.2, 0.25) is 5.91 Å². The maximum absolute atomic E-state index is 13.1. The standard InChI is InChI=1S/C21H15Cl2N3O2S/c1-12-5-7-13(8-6-12)14-10-29-20-18(14)21(28)26(11-24-20)9-17(27)25-16-4-2-3-15(22)19(16)23/h2-8,10-11H,9H2,1H3,(H,25,27). The van der Waals surface area contributed by atoms with Gasteiger partial charge < -0.3 is 5.32 Å². The van der Waals surface area contributed by atoms with E-state index in [4.69, 9.17) is 23.2 Å². The smallest absolute Gasteiger partial charge is 0.263 e. The predicted molar refractivity (Wildman–Crippen MR) is 119 cm³/mol. The molecule has 5 nitrogen and oxygen atoms in total. The number of benzene rings is 2. The summed E-state index contributed by atoms with van der Waals surface area (Å²) in [7, 11) is 0. The van der Waals surface area contributed by atoms with Crippen LogP contribution < -0.4 is 10.9 Å². The van der Waals surface area contributed by atoms with Crippen molar-refractivity contribution in [3.8, 4) is 11.1 Å². The fourth-order valence-corrected chi connectivity index (χ4v) is 4.22. The maximum Gasteiger partial charge on any atom is 0.263 e. The zero-order chi connectivity index (χ0) is 20.5. The molecule has 0 saturated carbocycles. The number of carbonyl (C=O) groups excluding carboxylic acids is 1. The lowest BCUT2D eigenvalue weighted by molar-refractivity contribution is -0.116. The van der Waals surface area contributed by atoms with Gasteiger partial charge in [-0.1, -0.05) is 59.1 Å². The molecule has 0 unspecified atom stereocenters. The summed E-state index contributed by atoms with van der Waals surface area (Å²) in [6.45, 7) is 1.82. The molecule has 0 atom stereocenters. The highest BCUT2D eigenvalue weighted by Gasteiger charge is 2.15. The van der Waals surface area contributed by atoms with Crippen LogP contribution in [0.25, 0.3) is 21.3 Å². The van der Waals surface area contributed by atoms with Gasteiger partial charge in [-0.25, -0.2) is 4.98 Å². The van der Waals surface area contributed by atoms with Crippen molar-refractivity contribution in [1.29, 1.82) is 0 Å². The number of thiophene rings is 1. The van der Waals surface area contributed by atoms with Gasteiger partial charge in [0.1, 0.15) is 11.4 Å². The first-order valence-corrected chi connectivity index (χ1v) is 10.3. The van der Waals surface area contributed by atoms with Crippen LogP contribution in [-0.4, -0.2) is 15.5 Å². The average Bonchev–Trinajstić information content (AvgIpc) is 3.13. The summed E-state index contributed by atoms with van der Waals surface area (Å²) < 4.78 is 1.29. The van der Waals surface area contributed by atoms with Crippen molar-refractivity contribution in [1.82, 2.24) is 9.55 Å². The van der Waals surface area contributed by atoms with Crippen LogP contribution in [0.4, 0.5) is 5.69 Å². The summed E-state index contributed by atoms with van der Waals surface area (Å²) in [5, 5.41) is 5.70. The Hall–Kier alpha value is -2.67. The normalized spacial score (nSPS) is 11.0. The van der Waals surface area contributed by atoms with E-state index < -0.39 is 5.91 Å². The molecule has 2 aromatic heterocycles. The molecule has 0 aliphatic rings. The van der Waals surface area contributed by atoms with Crippen molar-refractivity contribution >= 4 is 56.3 Å². The summed E-state index contributed by atoms with van der Waals surface area (Å²) in [6, 6.07) is 12.9. The van der Waals surface area contributed by atoms with E-state index in [0.29, 0.717) is 20.9 Å². The van der Waals surface area contributed by atoms with Crippen LogP contribution >= 0.6 is 34.5 Å². The van der Waals surface area contributed by atoms with Crippen LogP contribution in [0.2, 0.25) is 10.0 Å². The number of hydrogen-bond acceptors (Lipinski definition) is 4. The highest BCUT2D eigenvalue weighted by molar-refractivity contribution is 7.17. The summed E-state index contributed by atoms with van der Waals surface area (Å²) >= 11 is 13.5. The lowest BCUT2D eigenvalue weighted by Crippen LogP contribution is -2.27. The lowest BCUT2D eigenvalue weighted by Gasteiger charge is -2.09. The summed E-state index contributed by atoms with van der Waals surface area (Å²) in [5.74, 6) is -0.399. The first kappa shape index (κ1) is 19.6. The molecule has 2 heterocycles. The zero-order valence-corrected chi connectivity index (χ0v) is 17.6. The van der Waals surface area contributed by atoms with Crippen LogP contribution in [0.1, 0.15) is 5.56 Å². The molecule has 0 bridgehead atoms. The molecule has 0 aliphatic carbocycles. The Morgan fingerprint density at radius 2 is 1.93 bits per heavy atom. The summed E-state index contributed by atoms with van der Waals surface area (Å²) in [5.41, 5.74) is 3.02. The second-order valence-corrected chi connectivity index (χ2v) is 8.17. The number of hydrogen-bond donors (Lipinski definition) is 1. The van der Waals surface area contributed by atoms with E-state index in [2.05, 4.69) is 10.3 Å². The summed E-state index contributed by atoms with van der Waals surface area (Å²) in [6.07, 6.45) is 1.39. The minimum atomic E-state index is -0.399. The Balaban J connectivity index is 1.66. The molecule has 0 aliphatic heterocycles. The minimum absolute atomic E-state index is 0.187. The first-order valence-electron chi connectivity index (χ1n) is 8.71. The van der Waals surface area contributed by atoms with Gasteiger partial charge in [-0.2, -0.15) is 0 Å². The van der Waals surface area contributed by atoms with Crippen LogP contribution in [-0.2, 0) is 11.3 Å². The molecule has 1 amide bonds. The van der Waals surface area contributed by atoms with E-state index in [-0.39, 0.29) is 17.1 Å². The molecule has 0 fully saturated rings. The molecule has 2 aromatic carbocycles. The number of carbonyl (C=O) groups is 1. The number of nitrogens with zero attached hydrogens (tertiary/aromatic N) is 2. The van der Waals surface area contributed by atoms with Crippen molar-refractivity contribution in [3.63, 3.8) is 0 Å². The van der Waals surface area contributed by atoms with Gasteiger partial charge in [-0.15, -0.1) is 11.3 Å². The second-order valence-electron chi connectivity index (χ2n) is 6.52. The number of fused-ring (bicyclic) bond motifs is 1. The van der Waals surface area contributed by atoms with Gasteiger partial charge >= 0.3 is 0 Å². The highest BCUT2D eigenvalue weighted by Crippen LogP contribution is 2.31. The second kappa shape index (κ2) is 7.99. The van der Waals surface area contributed by atoms with Gasteiger partial charge in [-0.05, 0) is 24.6 Å². The Kier molecular flexibility index (Phi) is 5.41. The lowest BCUT2D eigenvalue weighted by atomic mass is 10.1. The summed E-state index contributed by atoms with van der Waals surface area (Å²) in [4.78, 5) is 30.5. The van der Waals surface area contributed by atoms with Crippen LogP contribution in [0.3, 0.4) is 0 Å². The third kappa shape index (κ3) is 3.92. The van der Waals surface area contributed by atoms with E-state index in [9.17, 15) is 9.59 Å². The molecule has 4 rings (SSSR count). The van der Waals surface area contributed by atoms with E-state index in [1.54, 1.807) is 18.2 Å². The van der Waals surface area contributed by atoms with Crippen molar-refractivity contribution in [3.05, 3.63) is 80.1 Å². The molecule has 1 N–H and O–H groups in total. The third-order valence-corrected chi connectivity index (χ3v) is 6.17. The van der Waals surface area contributed by atoms with Crippen LogP contribution in [0.15, 0.2) is 59.0 Å². The number of anilines is 1. The van der Waals surface area contributed by atoms with E-state index in [1.807, 2.05) is 36.6 Å². The van der Waals surface area contributed by atoms with Crippen molar-refractivity contribution < 1.29 is 4.79 Å². The van der Waals surface area contributed by atoms with Gasteiger partial charge in [0, 0.05) is 10.9 Å². The maximum atomic E-state index is 13.1. The van der Waals surface area contributed by atoms with Gasteiger partial charge in [0.25, 0.3) is 5.56 Å². The SMILES string of the molecule is Cc1ccc(-c2csc3ncn(CC(=O)Nc4cccc(Cl)c4Cl)c(=O)c23)cc1. The van der Waals surface area contributed by atoms with Crippen molar-refractivity contribution in [2.75, 3.05) is 5.32 Å². The van der Waals surface area contributed by atoms with Gasteiger partial charge in [0.05, 0.1) is 27.4 Å². The topological polar surface area (TPSA) is 64.0 Å². The van der Waals surface area contributed by atoms with Crippen molar-refractivity contribution in [2.24, 2.45) is 0 Å². The first-order chi connectivity index (χ1) is 13.9. The number of amides is 1. The quantitative estimate of drug-likeness (QED) is 0.460. The highest BCUT2D eigenvalue weighted by atomic mass is 35.5. The predicted octanol–water partition coefficient (Wildman–Crippen LogP) is 5.38. The zero-order valence-electron chi connectivity index (χ0n) is 15.3. The molecule has 29 heavy (non-hydrogen) atoms. The average molecular weight is 444 g/mol. The molecular formula is C21H15Cl2N3O2S. The van der Waals surface area contributed by atoms with Gasteiger partial charge in [0.15, 0.2) is 0 Å². The fourth-order valence-electron chi connectivity index (χ4n) is 2.97. The molecule has 0 radical (unpaired) electrons.